The topological polar surface area (TPSA) is 128 Å². The van der Waals surface area contributed by atoms with Gasteiger partial charge >= 0.3 is 13.6 Å². The number of phenolic OH excluding ortho intramolecular Hbond substituents is 1. The number of phenols is 1. The molecule has 0 fully saturated rings. The standard InChI is InChI=1S/C25H38NO7P/c1-5-20(6-2)33-24-16-21(15-22(26)18(24)4)34(29,30)32-13-7-12-31-25(28)11-10-19-9-8-17(3)23(27)14-19/h8-11,14,16,18,20,22,24,27H,5-7,12-13,15,26H2,1-4H3,(H,29,30)/b11-10+/t18-,22+,24-/m1/s1. The first-order chi connectivity index (χ1) is 16.1. The van der Waals surface area contributed by atoms with E-state index in [0.717, 1.165) is 18.4 Å². The summed E-state index contributed by atoms with van der Waals surface area (Å²) in [6.07, 6.45) is 6.47. The zero-order valence-electron chi connectivity index (χ0n) is 20.5. The lowest BCUT2D eigenvalue weighted by atomic mass is 9.88. The van der Waals surface area contributed by atoms with E-state index in [1.54, 1.807) is 37.3 Å². The minimum Gasteiger partial charge on any atom is -0.508 e. The minimum atomic E-state index is -4.03. The van der Waals surface area contributed by atoms with Gasteiger partial charge in [-0.3, -0.25) is 4.57 Å². The molecule has 34 heavy (non-hydrogen) atoms. The Morgan fingerprint density at radius 3 is 2.65 bits per heavy atom. The lowest BCUT2D eigenvalue weighted by molar-refractivity contribution is -0.137. The number of aryl methyl sites for hydroxylation is 1. The third-order valence-electron chi connectivity index (χ3n) is 6.06. The summed E-state index contributed by atoms with van der Waals surface area (Å²) in [5.41, 5.74) is 7.64. The molecule has 1 aromatic carbocycles. The zero-order chi connectivity index (χ0) is 25.3. The molecule has 0 heterocycles. The molecule has 1 unspecified atom stereocenters. The van der Waals surface area contributed by atoms with Gasteiger partial charge in [0.2, 0.25) is 0 Å². The summed E-state index contributed by atoms with van der Waals surface area (Å²) >= 11 is 0. The van der Waals surface area contributed by atoms with Crippen LogP contribution in [0.4, 0.5) is 0 Å². The maximum Gasteiger partial charge on any atom is 0.354 e. The normalized spacial score (nSPS) is 22.6. The van der Waals surface area contributed by atoms with Gasteiger partial charge in [-0.25, -0.2) is 4.79 Å². The average molecular weight is 496 g/mol. The quantitative estimate of drug-likeness (QED) is 0.165. The number of hydrogen-bond acceptors (Lipinski definition) is 7. The molecule has 4 atom stereocenters. The predicted octanol–water partition coefficient (Wildman–Crippen LogP) is 4.67. The van der Waals surface area contributed by atoms with Gasteiger partial charge in [-0.05, 0) is 55.5 Å². The molecule has 8 nitrogen and oxygen atoms in total. The summed E-state index contributed by atoms with van der Waals surface area (Å²) in [6.45, 7) is 7.85. The summed E-state index contributed by atoms with van der Waals surface area (Å²) < 4.78 is 29.3. The van der Waals surface area contributed by atoms with Crippen molar-refractivity contribution in [2.75, 3.05) is 13.2 Å². The van der Waals surface area contributed by atoms with Crippen LogP contribution < -0.4 is 5.73 Å². The number of aromatic hydroxyl groups is 1. The maximum absolute atomic E-state index is 12.8. The van der Waals surface area contributed by atoms with Gasteiger partial charge < -0.3 is 29.7 Å². The van der Waals surface area contributed by atoms with E-state index in [1.807, 2.05) is 20.8 Å². The van der Waals surface area contributed by atoms with Gasteiger partial charge in [0, 0.05) is 29.8 Å². The lowest BCUT2D eigenvalue weighted by Crippen LogP contribution is -2.41. The van der Waals surface area contributed by atoms with E-state index in [9.17, 15) is 19.4 Å². The van der Waals surface area contributed by atoms with Crippen LogP contribution in [0.5, 0.6) is 5.75 Å². The number of esters is 1. The Morgan fingerprint density at radius 1 is 1.29 bits per heavy atom. The number of carbonyl (C=O) groups excluding carboxylic acids is 1. The number of rotatable bonds is 12. The first-order valence-electron chi connectivity index (χ1n) is 11.8. The van der Waals surface area contributed by atoms with Gasteiger partial charge in [0.05, 0.1) is 25.4 Å². The second-order valence-corrected chi connectivity index (χ2v) is 10.6. The van der Waals surface area contributed by atoms with Gasteiger partial charge in [-0.15, -0.1) is 0 Å². The van der Waals surface area contributed by atoms with Gasteiger partial charge in [-0.2, -0.15) is 0 Å². The van der Waals surface area contributed by atoms with Crippen molar-refractivity contribution in [2.45, 2.75) is 71.6 Å². The van der Waals surface area contributed by atoms with Crippen molar-refractivity contribution in [3.8, 4) is 5.75 Å². The molecule has 9 heteroatoms. The van der Waals surface area contributed by atoms with Crippen LogP contribution in [0.15, 0.2) is 35.7 Å². The predicted molar refractivity (Wildman–Crippen MR) is 132 cm³/mol. The van der Waals surface area contributed by atoms with E-state index in [1.165, 1.54) is 6.08 Å². The largest absolute Gasteiger partial charge is 0.508 e. The van der Waals surface area contributed by atoms with Crippen LogP contribution in [0.2, 0.25) is 0 Å². The summed E-state index contributed by atoms with van der Waals surface area (Å²) in [4.78, 5) is 22.3. The third kappa shape index (κ3) is 8.36. The van der Waals surface area contributed by atoms with Gasteiger partial charge in [0.25, 0.3) is 0 Å². The Labute approximate surface area is 202 Å². The molecule has 0 radical (unpaired) electrons. The summed E-state index contributed by atoms with van der Waals surface area (Å²) in [5.74, 6) is -0.373. The van der Waals surface area contributed by atoms with Crippen LogP contribution in [0.25, 0.3) is 6.08 Å². The summed E-state index contributed by atoms with van der Waals surface area (Å²) in [5, 5.41) is 9.98. The Balaban J connectivity index is 1.82. The van der Waals surface area contributed by atoms with Gasteiger partial charge in [-0.1, -0.05) is 32.9 Å². The van der Waals surface area contributed by atoms with Crippen molar-refractivity contribution in [2.24, 2.45) is 11.7 Å². The SMILES string of the molecule is CCC(CC)O[C@@H]1C=C(P(=O)(O)OCCCOC(=O)/C=C/c2ccc(C)c(O)c2)C[C@H](N)[C@H]1C. The highest BCUT2D eigenvalue weighted by atomic mass is 31.2. The molecular formula is C25H38NO7P. The highest BCUT2D eigenvalue weighted by Gasteiger charge is 2.37. The molecule has 190 valence electrons. The maximum atomic E-state index is 12.8. The first kappa shape index (κ1) is 28.3. The van der Waals surface area contributed by atoms with Crippen molar-refractivity contribution < 1.29 is 33.4 Å². The smallest absolute Gasteiger partial charge is 0.354 e. The highest BCUT2D eigenvalue weighted by molar-refractivity contribution is 7.57. The molecule has 1 aliphatic rings. The van der Waals surface area contributed by atoms with Crippen LogP contribution in [-0.2, 0) is 23.4 Å². The third-order valence-corrected chi connectivity index (χ3v) is 7.65. The summed E-state index contributed by atoms with van der Waals surface area (Å²) in [6, 6.07) is 4.78. The van der Waals surface area contributed by atoms with Crippen LogP contribution in [0, 0.1) is 12.8 Å². The number of nitrogens with two attached hydrogens (primary N) is 1. The van der Waals surface area contributed by atoms with Crippen LogP contribution in [0.1, 0.15) is 57.6 Å². The molecule has 0 spiro atoms. The van der Waals surface area contributed by atoms with E-state index in [0.29, 0.717) is 5.56 Å². The molecule has 0 aromatic heterocycles. The lowest BCUT2D eigenvalue weighted by Gasteiger charge is -2.35. The molecule has 2 rings (SSSR count). The Hall–Kier alpha value is -1.96. The first-order valence-corrected chi connectivity index (χ1v) is 13.4. The van der Waals surface area contributed by atoms with E-state index in [-0.39, 0.29) is 61.3 Å². The van der Waals surface area contributed by atoms with E-state index >= 15 is 0 Å². The van der Waals surface area contributed by atoms with Crippen LogP contribution in [0.3, 0.4) is 0 Å². The molecule has 0 bridgehead atoms. The van der Waals surface area contributed by atoms with Crippen LogP contribution in [-0.4, -0.2) is 47.4 Å². The average Bonchev–Trinajstić information content (AvgIpc) is 2.80. The molecule has 4 N–H and O–H groups in total. The van der Waals surface area contributed by atoms with E-state index in [2.05, 4.69) is 0 Å². The summed E-state index contributed by atoms with van der Waals surface area (Å²) in [7, 11) is -4.03. The fraction of sp³-hybridized carbons (Fsp3) is 0.560. The minimum absolute atomic E-state index is 0.0284. The molecule has 0 aliphatic heterocycles. The van der Waals surface area contributed by atoms with Gasteiger partial charge in [0.15, 0.2) is 0 Å². The second kappa shape index (κ2) is 13.2. The number of ether oxygens (including phenoxy) is 2. The molecule has 1 aromatic rings. The van der Waals surface area contributed by atoms with Gasteiger partial charge in [0.1, 0.15) is 5.75 Å². The Kier molecular flexibility index (Phi) is 11.0. The molecule has 0 saturated heterocycles. The molecule has 0 amide bonds. The fourth-order valence-electron chi connectivity index (χ4n) is 3.60. The monoisotopic (exact) mass is 495 g/mol. The van der Waals surface area contributed by atoms with Crippen molar-refractivity contribution in [1.29, 1.82) is 0 Å². The molecular weight excluding hydrogens is 457 g/mol. The number of hydrogen-bond donors (Lipinski definition) is 3. The molecule has 1 aliphatic carbocycles. The fourth-order valence-corrected chi connectivity index (χ4v) is 4.92. The Bertz CT molecular complexity index is 926. The highest BCUT2D eigenvalue weighted by Crippen LogP contribution is 2.54. The van der Waals surface area contributed by atoms with Crippen molar-refractivity contribution in [1.82, 2.24) is 0 Å². The van der Waals surface area contributed by atoms with Crippen LogP contribution >= 0.6 is 7.60 Å². The zero-order valence-corrected chi connectivity index (χ0v) is 21.4. The Morgan fingerprint density at radius 2 is 2.00 bits per heavy atom. The second-order valence-electron chi connectivity index (χ2n) is 8.68. The van der Waals surface area contributed by atoms with E-state index < -0.39 is 13.6 Å². The van der Waals surface area contributed by atoms with E-state index in [4.69, 9.17) is 19.7 Å². The van der Waals surface area contributed by atoms with Crippen molar-refractivity contribution >= 4 is 19.6 Å². The molecule has 0 saturated carbocycles. The van der Waals surface area contributed by atoms with Crippen molar-refractivity contribution in [3.05, 3.63) is 46.8 Å². The number of benzene rings is 1. The number of carbonyl (C=O) groups is 1. The van der Waals surface area contributed by atoms with Crippen molar-refractivity contribution in [3.63, 3.8) is 0 Å².